The lowest BCUT2D eigenvalue weighted by atomic mass is 10.1. The Balaban J connectivity index is 1.68. The van der Waals surface area contributed by atoms with Crippen molar-refractivity contribution >= 4 is 31.8 Å². The van der Waals surface area contributed by atoms with Gasteiger partial charge in [0.2, 0.25) is 0 Å². The fourth-order valence-electron chi connectivity index (χ4n) is 3.11. The molecule has 0 spiro atoms. The van der Waals surface area contributed by atoms with Crippen LogP contribution in [0, 0.1) is 0 Å². The smallest absolute Gasteiger partial charge is 0.317 e. The molecule has 0 aromatic heterocycles. The molecule has 5 nitrogen and oxygen atoms in total. The summed E-state index contributed by atoms with van der Waals surface area (Å²) in [7, 11) is -3.35. The van der Waals surface area contributed by atoms with E-state index >= 15 is 0 Å². The second kappa shape index (κ2) is 7.80. The maximum atomic E-state index is 12.6. The summed E-state index contributed by atoms with van der Waals surface area (Å²) in [6.45, 7) is 2.43. The van der Waals surface area contributed by atoms with E-state index in [4.69, 9.17) is 0 Å². The van der Waals surface area contributed by atoms with E-state index < -0.39 is 9.84 Å². The molecule has 2 aromatic carbocycles. The third-order valence-electron chi connectivity index (χ3n) is 4.39. The zero-order valence-corrected chi connectivity index (χ0v) is 16.9. The Morgan fingerprint density at radius 2 is 2.00 bits per heavy atom. The van der Waals surface area contributed by atoms with Crippen molar-refractivity contribution in [3.05, 3.63) is 64.1 Å². The maximum Gasteiger partial charge on any atom is 0.317 e. The molecule has 3 rings (SSSR count). The molecule has 0 bridgehead atoms. The van der Waals surface area contributed by atoms with E-state index in [1.807, 2.05) is 31.2 Å². The highest BCUT2D eigenvalue weighted by molar-refractivity contribution is 9.10. The van der Waals surface area contributed by atoms with E-state index in [0.29, 0.717) is 23.4 Å². The van der Waals surface area contributed by atoms with Crippen LogP contribution in [0.15, 0.2) is 57.9 Å². The van der Waals surface area contributed by atoms with Crippen molar-refractivity contribution in [1.82, 2.24) is 10.2 Å². The number of nitrogens with one attached hydrogen (secondary N) is 1. The van der Waals surface area contributed by atoms with Crippen LogP contribution in [0.25, 0.3) is 0 Å². The van der Waals surface area contributed by atoms with Gasteiger partial charge in [0.1, 0.15) is 0 Å². The first-order valence-corrected chi connectivity index (χ1v) is 10.9. The Morgan fingerprint density at radius 3 is 2.77 bits per heavy atom. The van der Waals surface area contributed by atoms with Gasteiger partial charge in [0, 0.05) is 23.6 Å². The van der Waals surface area contributed by atoms with Crippen LogP contribution in [0.5, 0.6) is 0 Å². The number of halogens is 1. The normalized spacial score (nSPS) is 17.1. The summed E-state index contributed by atoms with van der Waals surface area (Å²) in [5, 5.41) is 2.98. The number of hydrogen-bond acceptors (Lipinski definition) is 3. The molecule has 2 amide bonds. The molecular formula is C19H21BrN2O3S. The summed E-state index contributed by atoms with van der Waals surface area (Å²) >= 11 is 3.45. The Morgan fingerprint density at radius 1 is 1.23 bits per heavy atom. The van der Waals surface area contributed by atoms with Crippen LogP contribution in [0.1, 0.15) is 18.1 Å². The number of urea groups is 1. The zero-order valence-electron chi connectivity index (χ0n) is 14.5. The molecule has 7 heteroatoms. The topological polar surface area (TPSA) is 66.5 Å². The third kappa shape index (κ3) is 4.45. The van der Waals surface area contributed by atoms with E-state index in [0.717, 1.165) is 10.0 Å². The lowest BCUT2D eigenvalue weighted by Gasteiger charge is -2.23. The molecule has 1 unspecified atom stereocenters. The van der Waals surface area contributed by atoms with Crippen LogP contribution in [0.2, 0.25) is 0 Å². The zero-order chi connectivity index (χ0) is 18.7. The van der Waals surface area contributed by atoms with Crippen molar-refractivity contribution in [2.75, 3.05) is 12.3 Å². The standard InChI is InChI=1S/C19H21BrN2O3S/c1-14(11-15-5-4-7-17(20)12-15)21-19(23)22-9-10-26(24,25)18-8-3-2-6-16(18)13-22/h2-8,12,14H,9-11,13H2,1H3,(H,21,23). The number of carbonyl (C=O) groups is 1. The SMILES string of the molecule is CC(Cc1cccc(Br)c1)NC(=O)N1CCS(=O)(=O)c2ccccc2C1. The van der Waals surface area contributed by atoms with Crippen molar-refractivity contribution in [1.29, 1.82) is 0 Å². The first-order valence-electron chi connectivity index (χ1n) is 8.46. The number of sulfone groups is 1. The van der Waals surface area contributed by atoms with Crippen LogP contribution in [-0.4, -0.2) is 37.7 Å². The average Bonchev–Trinajstić information content (AvgIpc) is 2.71. The summed E-state index contributed by atoms with van der Waals surface area (Å²) in [5.74, 6) is -0.0581. The molecule has 138 valence electrons. The molecule has 0 saturated carbocycles. The van der Waals surface area contributed by atoms with Gasteiger partial charge in [-0.3, -0.25) is 0 Å². The van der Waals surface area contributed by atoms with E-state index in [2.05, 4.69) is 21.2 Å². The molecule has 1 atom stereocenters. The second-order valence-corrected chi connectivity index (χ2v) is 9.53. The molecular weight excluding hydrogens is 416 g/mol. The fourth-order valence-corrected chi connectivity index (χ4v) is 5.05. The number of rotatable bonds is 3. The van der Waals surface area contributed by atoms with Gasteiger partial charge in [0.15, 0.2) is 9.84 Å². The summed E-state index contributed by atoms with van der Waals surface area (Å²) < 4.78 is 25.8. The summed E-state index contributed by atoms with van der Waals surface area (Å²) in [5.41, 5.74) is 1.79. The van der Waals surface area contributed by atoms with Gasteiger partial charge in [-0.25, -0.2) is 13.2 Å². The minimum absolute atomic E-state index is 0.0581. The van der Waals surface area contributed by atoms with Crippen LogP contribution < -0.4 is 5.32 Å². The maximum absolute atomic E-state index is 12.6. The number of nitrogens with zero attached hydrogens (tertiary/aromatic N) is 1. The van der Waals surface area contributed by atoms with Crippen molar-refractivity contribution in [2.45, 2.75) is 30.8 Å². The molecule has 0 saturated heterocycles. The van der Waals surface area contributed by atoms with Gasteiger partial charge in [0.25, 0.3) is 0 Å². The van der Waals surface area contributed by atoms with Gasteiger partial charge in [-0.2, -0.15) is 0 Å². The lowest BCUT2D eigenvalue weighted by Crippen LogP contribution is -2.45. The first kappa shape index (κ1) is 18.9. The Bertz CT molecular complexity index is 915. The first-order chi connectivity index (χ1) is 12.3. The number of benzene rings is 2. The van der Waals surface area contributed by atoms with Crippen molar-refractivity contribution in [2.24, 2.45) is 0 Å². The van der Waals surface area contributed by atoms with Crippen molar-refractivity contribution < 1.29 is 13.2 Å². The number of fused-ring (bicyclic) bond motifs is 1. The Hall–Kier alpha value is -1.86. The monoisotopic (exact) mass is 436 g/mol. The van der Waals surface area contributed by atoms with E-state index in [1.54, 1.807) is 29.2 Å². The summed E-state index contributed by atoms with van der Waals surface area (Å²) in [6.07, 6.45) is 0.702. The summed E-state index contributed by atoms with van der Waals surface area (Å²) in [6, 6.07) is 14.6. The molecule has 0 aliphatic carbocycles. The fraction of sp³-hybridized carbons (Fsp3) is 0.316. The highest BCUT2D eigenvalue weighted by Crippen LogP contribution is 2.22. The second-order valence-electron chi connectivity index (χ2n) is 6.53. The van der Waals surface area contributed by atoms with E-state index in [-0.39, 0.29) is 24.4 Å². The lowest BCUT2D eigenvalue weighted by molar-refractivity contribution is 0.195. The molecule has 1 aliphatic rings. The molecule has 1 aliphatic heterocycles. The van der Waals surface area contributed by atoms with Gasteiger partial charge in [-0.15, -0.1) is 0 Å². The Labute approximate surface area is 162 Å². The molecule has 2 aromatic rings. The van der Waals surface area contributed by atoms with Gasteiger partial charge in [-0.05, 0) is 42.7 Å². The number of carbonyl (C=O) groups excluding carboxylic acids is 1. The predicted octanol–water partition coefficient (Wildman–Crippen LogP) is 3.38. The van der Waals surface area contributed by atoms with Gasteiger partial charge < -0.3 is 10.2 Å². The predicted molar refractivity (Wildman–Crippen MR) is 105 cm³/mol. The molecule has 1 N–H and O–H groups in total. The highest BCUT2D eigenvalue weighted by Gasteiger charge is 2.27. The molecule has 0 radical (unpaired) electrons. The molecule has 26 heavy (non-hydrogen) atoms. The van der Waals surface area contributed by atoms with Crippen molar-refractivity contribution in [3.63, 3.8) is 0 Å². The third-order valence-corrected chi connectivity index (χ3v) is 6.67. The molecule has 0 fully saturated rings. The van der Waals surface area contributed by atoms with Crippen molar-refractivity contribution in [3.8, 4) is 0 Å². The van der Waals surface area contributed by atoms with Gasteiger partial charge >= 0.3 is 6.03 Å². The van der Waals surface area contributed by atoms with Crippen LogP contribution in [0.3, 0.4) is 0 Å². The summed E-state index contributed by atoms with van der Waals surface area (Å²) in [4.78, 5) is 14.6. The molecule has 1 heterocycles. The van der Waals surface area contributed by atoms with E-state index in [9.17, 15) is 13.2 Å². The van der Waals surface area contributed by atoms with E-state index in [1.165, 1.54) is 0 Å². The van der Waals surface area contributed by atoms with Crippen LogP contribution in [0.4, 0.5) is 4.79 Å². The Kier molecular flexibility index (Phi) is 5.67. The largest absolute Gasteiger partial charge is 0.335 e. The minimum atomic E-state index is -3.35. The van der Waals surface area contributed by atoms with Crippen LogP contribution >= 0.6 is 15.9 Å². The highest BCUT2D eigenvalue weighted by atomic mass is 79.9. The average molecular weight is 437 g/mol. The number of hydrogen-bond donors (Lipinski definition) is 1. The quantitative estimate of drug-likeness (QED) is 0.801. The number of amides is 2. The van der Waals surface area contributed by atoms with Gasteiger partial charge in [0.05, 0.1) is 10.6 Å². The minimum Gasteiger partial charge on any atom is -0.335 e. The van der Waals surface area contributed by atoms with Crippen LogP contribution in [-0.2, 0) is 22.8 Å². The van der Waals surface area contributed by atoms with Gasteiger partial charge in [-0.1, -0.05) is 46.3 Å².